The van der Waals surface area contributed by atoms with E-state index in [0.29, 0.717) is 5.57 Å². The minimum absolute atomic E-state index is 0.564. The van der Waals surface area contributed by atoms with Gasteiger partial charge in [0.2, 0.25) is 0 Å². The molecule has 1 aliphatic rings. The summed E-state index contributed by atoms with van der Waals surface area (Å²) in [6, 6.07) is 0. The molecule has 132 valence electrons. The third kappa shape index (κ3) is 9.63. The van der Waals surface area contributed by atoms with Gasteiger partial charge in [-0.3, -0.25) is 0 Å². The highest BCUT2D eigenvalue weighted by atomic mass is 16.4. The van der Waals surface area contributed by atoms with E-state index < -0.39 is 5.97 Å². The molecule has 0 unspecified atom stereocenters. The molecule has 0 bridgehead atoms. The SMILES string of the molecule is CCCCCCCCCCCCCC=C(C(=O)O)C1=CCCC1. The Labute approximate surface area is 143 Å². The molecule has 0 aromatic rings. The fourth-order valence-corrected chi connectivity index (χ4v) is 3.33. The average molecular weight is 321 g/mol. The maximum Gasteiger partial charge on any atom is 0.335 e. The fraction of sp³-hybridized carbons (Fsp3) is 0.762. The van der Waals surface area contributed by atoms with Gasteiger partial charge in [-0.25, -0.2) is 4.79 Å². The largest absolute Gasteiger partial charge is 0.478 e. The van der Waals surface area contributed by atoms with Crippen LogP contribution in [0.25, 0.3) is 0 Å². The molecule has 0 fully saturated rings. The van der Waals surface area contributed by atoms with Crippen molar-refractivity contribution in [2.75, 3.05) is 0 Å². The van der Waals surface area contributed by atoms with Crippen molar-refractivity contribution >= 4 is 5.97 Å². The Morgan fingerprint density at radius 3 is 2.04 bits per heavy atom. The molecule has 0 heterocycles. The number of carboxylic acid groups (broad SMARTS) is 1. The molecule has 0 saturated carbocycles. The molecule has 0 aromatic carbocycles. The molecule has 0 radical (unpaired) electrons. The number of unbranched alkanes of at least 4 members (excludes halogenated alkanes) is 11. The predicted octanol–water partition coefficient (Wildman–Crippen LogP) is 6.81. The van der Waals surface area contributed by atoms with Gasteiger partial charge < -0.3 is 5.11 Å². The average Bonchev–Trinajstić information content (AvgIpc) is 3.05. The van der Waals surface area contributed by atoms with E-state index >= 15 is 0 Å². The highest BCUT2D eigenvalue weighted by Crippen LogP contribution is 2.25. The summed E-state index contributed by atoms with van der Waals surface area (Å²) in [6.07, 6.45) is 22.8. The minimum Gasteiger partial charge on any atom is -0.478 e. The van der Waals surface area contributed by atoms with E-state index in [1.165, 1.54) is 64.2 Å². The lowest BCUT2D eigenvalue weighted by molar-refractivity contribution is -0.132. The second-order valence-corrected chi connectivity index (χ2v) is 6.87. The molecule has 1 rings (SSSR count). The Hall–Kier alpha value is -1.05. The number of rotatable bonds is 14. The van der Waals surface area contributed by atoms with Crippen molar-refractivity contribution in [3.8, 4) is 0 Å². The van der Waals surface area contributed by atoms with Crippen molar-refractivity contribution in [1.29, 1.82) is 0 Å². The Bertz CT molecular complexity index is 379. The van der Waals surface area contributed by atoms with Crippen LogP contribution in [0.15, 0.2) is 23.3 Å². The van der Waals surface area contributed by atoms with Gasteiger partial charge in [-0.1, -0.05) is 83.3 Å². The Morgan fingerprint density at radius 2 is 1.57 bits per heavy atom. The molecule has 1 N–H and O–H groups in total. The zero-order valence-corrected chi connectivity index (χ0v) is 15.1. The van der Waals surface area contributed by atoms with Crippen LogP contribution in [0.3, 0.4) is 0 Å². The van der Waals surface area contributed by atoms with Crippen LogP contribution < -0.4 is 0 Å². The van der Waals surface area contributed by atoms with Crippen LogP contribution in [-0.4, -0.2) is 11.1 Å². The summed E-state index contributed by atoms with van der Waals surface area (Å²) in [7, 11) is 0. The van der Waals surface area contributed by atoms with Gasteiger partial charge in [0.1, 0.15) is 0 Å². The molecule has 0 saturated heterocycles. The monoisotopic (exact) mass is 320 g/mol. The highest BCUT2D eigenvalue weighted by Gasteiger charge is 2.15. The maximum atomic E-state index is 11.3. The Morgan fingerprint density at radius 1 is 1.00 bits per heavy atom. The van der Waals surface area contributed by atoms with E-state index in [1.807, 2.05) is 6.08 Å². The van der Waals surface area contributed by atoms with Gasteiger partial charge in [-0.05, 0) is 37.7 Å². The lowest BCUT2D eigenvalue weighted by atomic mass is 10.0. The molecule has 0 atom stereocenters. The molecule has 0 aliphatic heterocycles. The number of aliphatic carboxylic acids is 1. The van der Waals surface area contributed by atoms with E-state index in [1.54, 1.807) is 0 Å². The first kappa shape index (κ1) is 20.0. The zero-order valence-electron chi connectivity index (χ0n) is 15.1. The van der Waals surface area contributed by atoms with E-state index in [0.717, 1.165) is 37.7 Å². The van der Waals surface area contributed by atoms with Crippen molar-refractivity contribution in [2.45, 2.75) is 103 Å². The lowest BCUT2D eigenvalue weighted by Gasteiger charge is -2.04. The van der Waals surface area contributed by atoms with Gasteiger partial charge in [-0.15, -0.1) is 0 Å². The van der Waals surface area contributed by atoms with Crippen LogP contribution in [0.1, 0.15) is 103 Å². The summed E-state index contributed by atoms with van der Waals surface area (Å²) < 4.78 is 0. The highest BCUT2D eigenvalue weighted by molar-refractivity contribution is 5.91. The quantitative estimate of drug-likeness (QED) is 0.282. The molecule has 0 aromatic heterocycles. The van der Waals surface area contributed by atoms with Gasteiger partial charge in [-0.2, -0.15) is 0 Å². The minimum atomic E-state index is -0.749. The van der Waals surface area contributed by atoms with Crippen LogP contribution in [0, 0.1) is 0 Å². The summed E-state index contributed by atoms with van der Waals surface area (Å²) in [5.74, 6) is -0.749. The number of carboxylic acids is 1. The van der Waals surface area contributed by atoms with Crippen molar-refractivity contribution < 1.29 is 9.90 Å². The van der Waals surface area contributed by atoms with Crippen LogP contribution in [0.5, 0.6) is 0 Å². The first-order valence-corrected chi connectivity index (χ1v) is 9.88. The summed E-state index contributed by atoms with van der Waals surface area (Å²) >= 11 is 0. The number of hydrogen-bond acceptors (Lipinski definition) is 1. The third-order valence-electron chi connectivity index (χ3n) is 4.77. The third-order valence-corrected chi connectivity index (χ3v) is 4.77. The molecule has 2 heteroatoms. The van der Waals surface area contributed by atoms with Gasteiger partial charge in [0.15, 0.2) is 0 Å². The molecular formula is C21H36O2. The van der Waals surface area contributed by atoms with E-state index in [4.69, 9.17) is 0 Å². The van der Waals surface area contributed by atoms with Crippen LogP contribution in [-0.2, 0) is 4.79 Å². The normalized spacial score (nSPS) is 15.0. The molecule has 0 amide bonds. The second kappa shape index (κ2) is 13.4. The Kier molecular flexibility index (Phi) is 11.6. The molecule has 1 aliphatic carbocycles. The smallest absolute Gasteiger partial charge is 0.335 e. The van der Waals surface area contributed by atoms with Gasteiger partial charge in [0.25, 0.3) is 0 Å². The zero-order chi connectivity index (χ0) is 16.8. The summed E-state index contributed by atoms with van der Waals surface area (Å²) in [5.41, 5.74) is 1.62. The summed E-state index contributed by atoms with van der Waals surface area (Å²) in [4.78, 5) is 11.3. The standard InChI is InChI=1S/C21H36O2/c1-2-3-4-5-6-7-8-9-10-11-12-13-18-20(21(22)23)19-16-14-15-17-19/h16,18H,2-15,17H2,1H3,(H,22,23). The predicted molar refractivity (Wildman–Crippen MR) is 98.7 cm³/mol. The topological polar surface area (TPSA) is 37.3 Å². The molecule has 23 heavy (non-hydrogen) atoms. The van der Waals surface area contributed by atoms with E-state index in [9.17, 15) is 9.90 Å². The summed E-state index contributed by atoms with van der Waals surface area (Å²) in [5, 5.41) is 9.30. The van der Waals surface area contributed by atoms with Gasteiger partial charge in [0.05, 0.1) is 5.57 Å². The lowest BCUT2D eigenvalue weighted by Crippen LogP contribution is -2.02. The first-order chi connectivity index (χ1) is 11.3. The van der Waals surface area contributed by atoms with Gasteiger partial charge in [0, 0.05) is 0 Å². The van der Waals surface area contributed by atoms with Crippen molar-refractivity contribution in [2.24, 2.45) is 0 Å². The Balaban J connectivity index is 1.99. The number of hydrogen-bond donors (Lipinski definition) is 1. The fourth-order valence-electron chi connectivity index (χ4n) is 3.33. The number of carbonyl (C=O) groups is 1. The second-order valence-electron chi connectivity index (χ2n) is 6.87. The van der Waals surface area contributed by atoms with Crippen LogP contribution in [0.2, 0.25) is 0 Å². The van der Waals surface area contributed by atoms with E-state index in [-0.39, 0.29) is 0 Å². The molecule has 2 nitrogen and oxygen atoms in total. The van der Waals surface area contributed by atoms with Crippen molar-refractivity contribution in [3.05, 3.63) is 23.3 Å². The van der Waals surface area contributed by atoms with Crippen LogP contribution >= 0.6 is 0 Å². The molecular weight excluding hydrogens is 284 g/mol. The molecule has 0 spiro atoms. The van der Waals surface area contributed by atoms with Crippen molar-refractivity contribution in [3.63, 3.8) is 0 Å². The first-order valence-electron chi connectivity index (χ1n) is 9.88. The van der Waals surface area contributed by atoms with E-state index in [2.05, 4.69) is 13.0 Å². The maximum absolute atomic E-state index is 11.3. The van der Waals surface area contributed by atoms with Gasteiger partial charge >= 0.3 is 5.97 Å². The summed E-state index contributed by atoms with van der Waals surface area (Å²) in [6.45, 7) is 2.26. The number of allylic oxidation sites excluding steroid dienone is 2. The van der Waals surface area contributed by atoms with Crippen LogP contribution in [0.4, 0.5) is 0 Å². The van der Waals surface area contributed by atoms with Crippen molar-refractivity contribution in [1.82, 2.24) is 0 Å².